The predicted molar refractivity (Wildman–Crippen MR) is 85.0 cm³/mol. The number of ether oxygens (including phenoxy) is 1. The molecule has 21 heavy (non-hydrogen) atoms. The first-order valence-electron chi connectivity index (χ1n) is 6.43. The number of nitrogen functional groups attached to an aromatic ring is 1. The third kappa shape index (κ3) is 2.71. The highest BCUT2D eigenvalue weighted by Crippen LogP contribution is 2.25. The molecule has 1 heterocycles. The molecule has 0 atom stereocenters. The molecule has 2 aromatic carbocycles. The Kier molecular flexibility index (Phi) is 3.54. The Labute approximate surface area is 127 Å². The lowest BCUT2D eigenvalue weighted by molar-refractivity contribution is 0.414. The summed E-state index contributed by atoms with van der Waals surface area (Å²) < 4.78 is 6.85. The van der Waals surface area contributed by atoms with Gasteiger partial charge in [0.05, 0.1) is 18.5 Å². The zero-order chi connectivity index (χ0) is 14.8. The summed E-state index contributed by atoms with van der Waals surface area (Å²) in [6.45, 7) is 0. The highest BCUT2D eigenvalue weighted by molar-refractivity contribution is 6.30. The number of hydrogen-bond acceptors (Lipinski definition) is 3. The second-order valence-electron chi connectivity index (χ2n) is 4.57. The zero-order valence-electron chi connectivity index (χ0n) is 11.5. The maximum absolute atomic E-state index is 6.05. The molecule has 106 valence electrons. The number of nitrogens with zero attached hydrogens (tertiary/aromatic N) is 2. The molecule has 5 heteroatoms. The molecule has 0 bridgehead atoms. The second-order valence-corrected chi connectivity index (χ2v) is 5.01. The quantitative estimate of drug-likeness (QED) is 0.800. The predicted octanol–water partition coefficient (Wildman–Crippen LogP) is 3.78. The average Bonchev–Trinajstić information content (AvgIpc) is 2.90. The summed E-state index contributed by atoms with van der Waals surface area (Å²) in [5, 5.41) is 5.24. The van der Waals surface area contributed by atoms with Gasteiger partial charge < -0.3 is 10.5 Å². The van der Waals surface area contributed by atoms with Crippen molar-refractivity contribution in [2.24, 2.45) is 0 Å². The minimum atomic E-state index is 0.574. The van der Waals surface area contributed by atoms with Crippen LogP contribution < -0.4 is 10.5 Å². The zero-order valence-corrected chi connectivity index (χ0v) is 12.2. The van der Waals surface area contributed by atoms with Gasteiger partial charge in [-0.15, -0.1) is 0 Å². The smallest absolute Gasteiger partial charge is 0.127 e. The van der Waals surface area contributed by atoms with E-state index in [-0.39, 0.29) is 0 Å². The van der Waals surface area contributed by atoms with E-state index in [2.05, 4.69) is 5.10 Å². The monoisotopic (exact) mass is 299 g/mol. The van der Waals surface area contributed by atoms with Crippen molar-refractivity contribution >= 4 is 17.4 Å². The molecule has 4 nitrogen and oxygen atoms in total. The number of halogens is 1. The summed E-state index contributed by atoms with van der Waals surface area (Å²) in [5.74, 6) is 1.37. The lowest BCUT2D eigenvalue weighted by Crippen LogP contribution is -2.01. The standard InChI is InChI=1S/C16H14ClN3O/c1-21-14-8-6-13(7-9-14)20-16(18)10-15(19-20)11-2-4-12(17)5-3-11/h2-10H,18H2,1H3. The van der Waals surface area contributed by atoms with Crippen molar-refractivity contribution in [1.82, 2.24) is 9.78 Å². The highest BCUT2D eigenvalue weighted by atomic mass is 35.5. The van der Waals surface area contributed by atoms with E-state index >= 15 is 0 Å². The maximum atomic E-state index is 6.05. The van der Waals surface area contributed by atoms with Crippen LogP contribution >= 0.6 is 11.6 Å². The summed E-state index contributed by atoms with van der Waals surface area (Å²) in [6.07, 6.45) is 0. The molecular formula is C16H14ClN3O. The van der Waals surface area contributed by atoms with Gasteiger partial charge in [0.15, 0.2) is 0 Å². The molecule has 2 N–H and O–H groups in total. The van der Waals surface area contributed by atoms with Crippen LogP contribution in [-0.4, -0.2) is 16.9 Å². The molecule has 3 aromatic rings. The lowest BCUT2D eigenvalue weighted by atomic mass is 10.1. The number of methoxy groups -OCH3 is 1. The molecule has 0 saturated carbocycles. The molecule has 0 amide bonds. The van der Waals surface area contributed by atoms with Crippen LogP contribution in [0, 0.1) is 0 Å². The van der Waals surface area contributed by atoms with E-state index in [1.165, 1.54) is 0 Å². The number of aromatic nitrogens is 2. The van der Waals surface area contributed by atoms with Gasteiger partial charge in [-0.2, -0.15) is 5.10 Å². The molecule has 0 fully saturated rings. The van der Waals surface area contributed by atoms with Crippen LogP contribution in [0.5, 0.6) is 5.75 Å². The number of rotatable bonds is 3. The van der Waals surface area contributed by atoms with Gasteiger partial charge in [0, 0.05) is 16.7 Å². The lowest BCUT2D eigenvalue weighted by Gasteiger charge is -2.05. The van der Waals surface area contributed by atoms with Crippen LogP contribution in [0.15, 0.2) is 54.6 Å². The largest absolute Gasteiger partial charge is 0.497 e. The molecule has 0 aliphatic rings. The Hall–Kier alpha value is -2.46. The number of anilines is 1. The third-order valence-corrected chi connectivity index (χ3v) is 3.45. The van der Waals surface area contributed by atoms with Gasteiger partial charge in [-0.05, 0) is 36.4 Å². The Morgan fingerprint density at radius 3 is 2.33 bits per heavy atom. The molecule has 1 aromatic heterocycles. The molecule has 0 saturated heterocycles. The van der Waals surface area contributed by atoms with E-state index in [1.54, 1.807) is 11.8 Å². The fourth-order valence-electron chi connectivity index (χ4n) is 2.09. The van der Waals surface area contributed by atoms with E-state index in [0.29, 0.717) is 10.8 Å². The van der Waals surface area contributed by atoms with Crippen molar-refractivity contribution in [1.29, 1.82) is 0 Å². The molecular weight excluding hydrogens is 286 g/mol. The topological polar surface area (TPSA) is 53.1 Å². The minimum Gasteiger partial charge on any atom is -0.497 e. The van der Waals surface area contributed by atoms with E-state index < -0.39 is 0 Å². The summed E-state index contributed by atoms with van der Waals surface area (Å²) in [5.41, 5.74) is 8.71. The van der Waals surface area contributed by atoms with Gasteiger partial charge in [-0.3, -0.25) is 0 Å². The summed E-state index contributed by atoms with van der Waals surface area (Å²) in [6, 6.07) is 16.9. The van der Waals surface area contributed by atoms with Crippen LogP contribution in [0.4, 0.5) is 5.82 Å². The van der Waals surface area contributed by atoms with Crippen LogP contribution in [0.2, 0.25) is 5.02 Å². The normalized spacial score (nSPS) is 10.6. The van der Waals surface area contributed by atoms with Gasteiger partial charge in [-0.25, -0.2) is 4.68 Å². The third-order valence-electron chi connectivity index (χ3n) is 3.19. The first-order chi connectivity index (χ1) is 10.2. The van der Waals surface area contributed by atoms with Crippen molar-refractivity contribution in [2.75, 3.05) is 12.8 Å². The van der Waals surface area contributed by atoms with E-state index in [4.69, 9.17) is 22.1 Å². The van der Waals surface area contributed by atoms with Crippen molar-refractivity contribution in [3.05, 3.63) is 59.6 Å². The van der Waals surface area contributed by atoms with Crippen LogP contribution in [0.3, 0.4) is 0 Å². The van der Waals surface area contributed by atoms with E-state index in [0.717, 1.165) is 22.7 Å². The first kappa shape index (κ1) is 13.5. The van der Waals surface area contributed by atoms with Crippen LogP contribution in [-0.2, 0) is 0 Å². The molecule has 0 spiro atoms. The number of nitrogens with two attached hydrogens (primary N) is 1. The Bertz CT molecular complexity index is 748. The van der Waals surface area contributed by atoms with Gasteiger partial charge in [-0.1, -0.05) is 23.7 Å². The number of benzene rings is 2. The van der Waals surface area contributed by atoms with Gasteiger partial charge in [0.1, 0.15) is 11.6 Å². The molecule has 3 rings (SSSR count). The number of hydrogen-bond donors (Lipinski definition) is 1. The Morgan fingerprint density at radius 2 is 1.71 bits per heavy atom. The molecule has 0 unspecified atom stereocenters. The summed E-state index contributed by atoms with van der Waals surface area (Å²) in [7, 11) is 1.63. The Morgan fingerprint density at radius 1 is 1.05 bits per heavy atom. The van der Waals surface area contributed by atoms with Gasteiger partial charge in [0.2, 0.25) is 0 Å². The minimum absolute atomic E-state index is 0.574. The molecule has 0 radical (unpaired) electrons. The Balaban J connectivity index is 1.98. The maximum Gasteiger partial charge on any atom is 0.127 e. The van der Waals surface area contributed by atoms with Gasteiger partial charge in [0.25, 0.3) is 0 Å². The summed E-state index contributed by atoms with van der Waals surface area (Å²) >= 11 is 5.90. The fraction of sp³-hybridized carbons (Fsp3) is 0.0625. The first-order valence-corrected chi connectivity index (χ1v) is 6.81. The van der Waals surface area contributed by atoms with Gasteiger partial charge >= 0.3 is 0 Å². The van der Waals surface area contributed by atoms with Crippen molar-refractivity contribution in [2.45, 2.75) is 0 Å². The SMILES string of the molecule is COc1ccc(-n2nc(-c3ccc(Cl)cc3)cc2N)cc1. The van der Waals surface area contributed by atoms with E-state index in [1.807, 2.05) is 54.6 Å². The van der Waals surface area contributed by atoms with Crippen LogP contribution in [0.1, 0.15) is 0 Å². The van der Waals surface area contributed by atoms with Crippen molar-refractivity contribution in [3.8, 4) is 22.7 Å². The highest BCUT2D eigenvalue weighted by Gasteiger charge is 2.09. The van der Waals surface area contributed by atoms with E-state index in [9.17, 15) is 0 Å². The summed E-state index contributed by atoms with van der Waals surface area (Å²) in [4.78, 5) is 0. The van der Waals surface area contributed by atoms with Crippen molar-refractivity contribution < 1.29 is 4.74 Å². The van der Waals surface area contributed by atoms with Crippen LogP contribution in [0.25, 0.3) is 16.9 Å². The molecule has 0 aliphatic carbocycles. The molecule has 0 aliphatic heterocycles. The second kappa shape index (κ2) is 5.50. The fourth-order valence-corrected chi connectivity index (χ4v) is 2.21. The van der Waals surface area contributed by atoms with Crippen molar-refractivity contribution in [3.63, 3.8) is 0 Å². The average molecular weight is 300 g/mol.